The van der Waals surface area contributed by atoms with Crippen molar-refractivity contribution in [2.24, 2.45) is 0 Å². The molecule has 146 valence electrons. The van der Waals surface area contributed by atoms with Crippen molar-refractivity contribution < 1.29 is 4.79 Å². The molecule has 0 radical (unpaired) electrons. The van der Waals surface area contributed by atoms with Gasteiger partial charge in [-0.05, 0) is 11.1 Å². The molecule has 0 fully saturated rings. The highest BCUT2D eigenvalue weighted by atomic mass is 32.2. The zero-order valence-corrected chi connectivity index (χ0v) is 16.4. The monoisotopic (exact) mass is 405 g/mol. The topological polar surface area (TPSA) is 81.3 Å². The van der Waals surface area contributed by atoms with E-state index in [-0.39, 0.29) is 18.1 Å². The number of carbonyl (C=O) groups excluding carboxylic acids is 1. The molecule has 7 nitrogen and oxygen atoms in total. The molecule has 2 aromatic carbocycles. The number of benzene rings is 2. The molecule has 8 heteroatoms. The Morgan fingerprint density at radius 1 is 1.00 bits per heavy atom. The van der Waals surface area contributed by atoms with E-state index in [1.54, 1.807) is 12.4 Å². The minimum Gasteiger partial charge on any atom is -0.350 e. The molecule has 0 atom stereocenters. The Morgan fingerprint density at radius 3 is 2.41 bits per heavy atom. The summed E-state index contributed by atoms with van der Waals surface area (Å²) in [5, 5.41) is 7.80. The van der Waals surface area contributed by atoms with Crippen molar-refractivity contribution in [3.05, 3.63) is 94.7 Å². The van der Waals surface area contributed by atoms with Crippen LogP contribution in [-0.2, 0) is 23.6 Å². The Bertz CT molecular complexity index is 1170. The fourth-order valence-electron chi connectivity index (χ4n) is 2.85. The van der Waals surface area contributed by atoms with Crippen molar-refractivity contribution in [3.63, 3.8) is 0 Å². The zero-order chi connectivity index (χ0) is 20.1. The summed E-state index contributed by atoms with van der Waals surface area (Å²) < 4.78 is 2.59. The number of fused-ring (bicyclic) bond motifs is 1. The number of aromatic nitrogens is 4. The van der Waals surface area contributed by atoms with Gasteiger partial charge in [-0.25, -0.2) is 18.9 Å². The normalized spacial score (nSPS) is 10.9. The summed E-state index contributed by atoms with van der Waals surface area (Å²) in [5.74, 6) is 0.442. The number of thioether (sulfide) groups is 1. The van der Waals surface area contributed by atoms with Crippen molar-refractivity contribution in [2.75, 3.05) is 0 Å². The van der Waals surface area contributed by atoms with Gasteiger partial charge in [0.25, 0.3) is 0 Å². The quantitative estimate of drug-likeness (QED) is 0.478. The van der Waals surface area contributed by atoms with Crippen LogP contribution in [0, 0.1) is 0 Å². The number of hydrogen-bond donors (Lipinski definition) is 1. The highest BCUT2D eigenvalue weighted by Crippen LogP contribution is 2.23. The van der Waals surface area contributed by atoms with E-state index >= 15 is 0 Å². The number of rotatable bonds is 7. The van der Waals surface area contributed by atoms with Crippen LogP contribution in [0.25, 0.3) is 5.65 Å². The summed E-state index contributed by atoms with van der Waals surface area (Å²) in [6.45, 7) is 0.262. The molecule has 2 heterocycles. The average molecular weight is 405 g/mol. The van der Waals surface area contributed by atoms with Gasteiger partial charge in [-0.1, -0.05) is 72.4 Å². The zero-order valence-electron chi connectivity index (χ0n) is 15.6. The molecular formula is C21H19N5O2S. The van der Waals surface area contributed by atoms with Crippen LogP contribution in [0.1, 0.15) is 11.1 Å². The third kappa shape index (κ3) is 4.55. The highest BCUT2D eigenvalue weighted by molar-refractivity contribution is 7.98. The lowest BCUT2D eigenvalue weighted by Gasteiger charge is -2.04. The maximum atomic E-state index is 12.6. The van der Waals surface area contributed by atoms with Gasteiger partial charge in [0, 0.05) is 24.7 Å². The molecular weight excluding hydrogens is 386 g/mol. The molecule has 0 bridgehead atoms. The fraction of sp³-hybridized carbons (Fsp3) is 0.143. The van der Waals surface area contributed by atoms with E-state index in [4.69, 9.17) is 0 Å². The Morgan fingerprint density at radius 2 is 1.69 bits per heavy atom. The fourth-order valence-corrected chi connectivity index (χ4v) is 3.74. The Labute approximate surface area is 171 Å². The minimum atomic E-state index is -0.362. The molecule has 4 rings (SSSR count). The van der Waals surface area contributed by atoms with Crippen LogP contribution in [0.15, 0.2) is 82.9 Å². The first kappa shape index (κ1) is 18.9. The lowest BCUT2D eigenvalue weighted by atomic mass is 10.2. The number of nitrogens with one attached hydrogen (secondary N) is 1. The van der Waals surface area contributed by atoms with E-state index < -0.39 is 0 Å². The van der Waals surface area contributed by atoms with Gasteiger partial charge in [0.1, 0.15) is 11.6 Å². The van der Waals surface area contributed by atoms with E-state index in [2.05, 4.69) is 15.4 Å². The third-order valence-corrected chi connectivity index (χ3v) is 5.35. The second-order valence-electron chi connectivity index (χ2n) is 6.40. The predicted molar refractivity (Wildman–Crippen MR) is 112 cm³/mol. The van der Waals surface area contributed by atoms with Gasteiger partial charge in [-0.2, -0.15) is 0 Å². The van der Waals surface area contributed by atoms with E-state index in [0.717, 1.165) is 11.1 Å². The van der Waals surface area contributed by atoms with Crippen LogP contribution in [0.3, 0.4) is 0 Å². The predicted octanol–water partition coefficient (Wildman–Crippen LogP) is 2.50. The van der Waals surface area contributed by atoms with Gasteiger partial charge in [0.2, 0.25) is 5.91 Å². The largest absolute Gasteiger partial charge is 0.350 e. The molecule has 0 aliphatic rings. The van der Waals surface area contributed by atoms with Crippen LogP contribution in [0.4, 0.5) is 0 Å². The molecule has 1 amide bonds. The average Bonchev–Trinajstić information content (AvgIpc) is 3.08. The third-order valence-electron chi connectivity index (χ3n) is 4.31. The summed E-state index contributed by atoms with van der Waals surface area (Å²) in [6.07, 6.45) is 3.14. The maximum absolute atomic E-state index is 12.6. The standard InChI is InChI=1S/C21H19N5O2S/c27-18(23-13-16-7-3-1-4-8-16)14-26-21(28)25-12-11-22-20(19(25)24-26)29-15-17-9-5-2-6-10-17/h1-12H,13-15H2,(H,23,27). The van der Waals surface area contributed by atoms with Gasteiger partial charge >= 0.3 is 5.69 Å². The summed E-state index contributed by atoms with van der Waals surface area (Å²) >= 11 is 1.50. The molecule has 29 heavy (non-hydrogen) atoms. The van der Waals surface area contributed by atoms with Crippen LogP contribution >= 0.6 is 11.8 Å². The molecule has 4 aromatic rings. The van der Waals surface area contributed by atoms with Crippen LogP contribution in [0.2, 0.25) is 0 Å². The van der Waals surface area contributed by atoms with Crippen molar-refractivity contribution in [1.29, 1.82) is 0 Å². The van der Waals surface area contributed by atoms with Crippen LogP contribution in [0.5, 0.6) is 0 Å². The van der Waals surface area contributed by atoms with Gasteiger partial charge < -0.3 is 5.32 Å². The van der Waals surface area contributed by atoms with Crippen molar-refractivity contribution in [2.45, 2.75) is 23.9 Å². The lowest BCUT2D eigenvalue weighted by molar-refractivity contribution is -0.122. The van der Waals surface area contributed by atoms with Crippen molar-refractivity contribution in [3.8, 4) is 0 Å². The molecule has 1 N–H and O–H groups in total. The van der Waals surface area contributed by atoms with Crippen molar-refractivity contribution >= 4 is 23.3 Å². The Kier molecular flexibility index (Phi) is 5.71. The number of amides is 1. The molecule has 0 aliphatic heterocycles. The van der Waals surface area contributed by atoms with Gasteiger partial charge in [-0.3, -0.25) is 4.79 Å². The van der Waals surface area contributed by atoms with Crippen LogP contribution in [-0.4, -0.2) is 25.1 Å². The van der Waals surface area contributed by atoms with Gasteiger partial charge in [0.15, 0.2) is 5.65 Å². The first-order valence-electron chi connectivity index (χ1n) is 9.12. The van der Waals surface area contributed by atoms with Crippen molar-refractivity contribution in [1.82, 2.24) is 24.5 Å². The molecule has 0 spiro atoms. The minimum absolute atomic E-state index is 0.143. The summed E-state index contributed by atoms with van der Waals surface area (Å²) in [6, 6.07) is 19.6. The number of carbonyl (C=O) groups is 1. The maximum Gasteiger partial charge on any atom is 0.350 e. The SMILES string of the molecule is O=C(Cn1nc2c(SCc3ccccc3)nccn2c1=O)NCc1ccccc1. The molecule has 0 unspecified atom stereocenters. The highest BCUT2D eigenvalue weighted by Gasteiger charge is 2.14. The molecule has 2 aromatic heterocycles. The van der Waals surface area contributed by atoms with E-state index in [9.17, 15) is 9.59 Å². The lowest BCUT2D eigenvalue weighted by Crippen LogP contribution is -2.32. The Balaban J connectivity index is 1.48. The summed E-state index contributed by atoms with van der Waals surface area (Å²) in [5.41, 5.74) is 2.24. The Hall–Kier alpha value is -3.39. The van der Waals surface area contributed by atoms with E-state index in [0.29, 0.717) is 23.0 Å². The molecule has 0 aliphatic carbocycles. The second kappa shape index (κ2) is 8.74. The number of nitrogens with zero attached hydrogens (tertiary/aromatic N) is 4. The van der Waals surface area contributed by atoms with Gasteiger partial charge in [-0.15, -0.1) is 5.10 Å². The number of hydrogen-bond acceptors (Lipinski definition) is 5. The first-order chi connectivity index (χ1) is 14.2. The van der Waals surface area contributed by atoms with Crippen LogP contribution < -0.4 is 11.0 Å². The molecule has 0 saturated heterocycles. The summed E-state index contributed by atoms with van der Waals surface area (Å²) in [4.78, 5) is 29.2. The first-order valence-corrected chi connectivity index (χ1v) is 10.1. The molecule has 0 saturated carbocycles. The second-order valence-corrected chi connectivity index (χ2v) is 7.37. The van der Waals surface area contributed by atoms with E-state index in [1.165, 1.54) is 20.8 Å². The summed E-state index contributed by atoms with van der Waals surface area (Å²) in [7, 11) is 0. The van der Waals surface area contributed by atoms with Gasteiger partial charge in [0.05, 0.1) is 0 Å². The van der Waals surface area contributed by atoms with E-state index in [1.807, 2.05) is 60.7 Å². The smallest absolute Gasteiger partial charge is 0.350 e.